The third kappa shape index (κ3) is 5.06. The number of rotatable bonds is 6. The van der Waals surface area contributed by atoms with Crippen molar-refractivity contribution in [3.8, 4) is 11.6 Å². The normalized spacial score (nSPS) is 14.2. The first-order valence-corrected chi connectivity index (χ1v) is 10.1. The first kappa shape index (κ1) is 20.5. The summed E-state index contributed by atoms with van der Waals surface area (Å²) in [6.45, 7) is 3.53. The molecule has 3 aromatic rings. The Balaban J connectivity index is 1.34. The Morgan fingerprint density at radius 2 is 2.00 bits per heavy atom. The van der Waals surface area contributed by atoms with E-state index in [9.17, 15) is 4.79 Å². The monoisotopic (exact) mass is 420 g/mol. The summed E-state index contributed by atoms with van der Waals surface area (Å²) in [7, 11) is 1.59. The molecule has 0 radical (unpaired) electrons. The number of pyridine rings is 2. The molecule has 9 nitrogen and oxygen atoms in total. The highest BCUT2D eigenvalue weighted by Gasteiger charge is 2.23. The Morgan fingerprint density at radius 1 is 1.16 bits per heavy atom. The Labute approximate surface area is 180 Å². The molecule has 9 heteroatoms. The molecule has 0 aliphatic carbocycles. The smallest absolute Gasteiger partial charge is 0.276 e. The summed E-state index contributed by atoms with van der Waals surface area (Å²) in [4.78, 5) is 22.8. The third-order valence-corrected chi connectivity index (χ3v) is 5.07. The highest BCUT2D eigenvalue weighted by molar-refractivity contribution is 6.02. The van der Waals surface area contributed by atoms with Crippen molar-refractivity contribution in [2.45, 2.75) is 25.9 Å². The van der Waals surface area contributed by atoms with Crippen molar-refractivity contribution < 1.29 is 14.3 Å². The van der Waals surface area contributed by atoms with E-state index in [0.717, 1.165) is 43.1 Å². The predicted molar refractivity (Wildman–Crippen MR) is 116 cm³/mol. The van der Waals surface area contributed by atoms with Gasteiger partial charge in [0.15, 0.2) is 11.5 Å². The van der Waals surface area contributed by atoms with Crippen LogP contribution in [-0.2, 0) is 0 Å². The molecule has 3 aromatic heterocycles. The molecule has 1 N–H and O–H groups in total. The average Bonchev–Trinajstić information content (AvgIpc) is 2.81. The zero-order chi connectivity index (χ0) is 21.6. The van der Waals surface area contributed by atoms with E-state index in [1.54, 1.807) is 50.0 Å². The van der Waals surface area contributed by atoms with E-state index in [0.29, 0.717) is 11.6 Å². The number of aromatic nitrogens is 4. The number of nitrogens with zero attached hydrogens (tertiary/aromatic N) is 5. The number of amides is 1. The standard InChI is InChI=1S/C22H24N6O3/c1-15-12-19(22(29)25-16-4-3-9-23-13-16)26-27-21(15)28-10-7-17(8-11-28)31-18-5-6-20(30-2)24-14-18/h3-6,9,12-14,17H,7-8,10-11H2,1-2H3,(H,25,29). The second-order valence-electron chi connectivity index (χ2n) is 7.27. The molecule has 160 valence electrons. The molecule has 1 saturated heterocycles. The van der Waals surface area contributed by atoms with Gasteiger partial charge in [-0.2, -0.15) is 0 Å². The van der Waals surface area contributed by atoms with Gasteiger partial charge in [0.05, 0.1) is 25.2 Å². The van der Waals surface area contributed by atoms with Crippen LogP contribution >= 0.6 is 0 Å². The largest absolute Gasteiger partial charge is 0.489 e. The van der Waals surface area contributed by atoms with E-state index in [4.69, 9.17) is 9.47 Å². The number of ether oxygens (including phenoxy) is 2. The van der Waals surface area contributed by atoms with Crippen LogP contribution in [0.15, 0.2) is 48.9 Å². The number of carbonyl (C=O) groups is 1. The van der Waals surface area contributed by atoms with Crippen LogP contribution in [0.5, 0.6) is 11.6 Å². The van der Waals surface area contributed by atoms with Crippen LogP contribution in [0.3, 0.4) is 0 Å². The fraction of sp³-hybridized carbons (Fsp3) is 0.318. The van der Waals surface area contributed by atoms with Crippen LogP contribution in [-0.4, -0.2) is 52.4 Å². The van der Waals surface area contributed by atoms with Gasteiger partial charge in [0.25, 0.3) is 5.91 Å². The van der Waals surface area contributed by atoms with Gasteiger partial charge < -0.3 is 19.7 Å². The number of nitrogens with one attached hydrogen (secondary N) is 1. The van der Waals surface area contributed by atoms with Crippen molar-refractivity contribution in [1.82, 2.24) is 20.2 Å². The van der Waals surface area contributed by atoms with E-state index < -0.39 is 0 Å². The number of anilines is 2. The second-order valence-corrected chi connectivity index (χ2v) is 7.27. The number of hydrogen-bond acceptors (Lipinski definition) is 8. The van der Waals surface area contributed by atoms with Crippen LogP contribution in [0.4, 0.5) is 11.5 Å². The quantitative estimate of drug-likeness (QED) is 0.649. The summed E-state index contributed by atoms with van der Waals surface area (Å²) in [6, 6.07) is 8.94. The zero-order valence-electron chi connectivity index (χ0n) is 17.5. The maximum Gasteiger partial charge on any atom is 0.276 e. The molecular weight excluding hydrogens is 396 g/mol. The molecular formula is C22H24N6O3. The predicted octanol–water partition coefficient (Wildman–Crippen LogP) is 2.88. The fourth-order valence-electron chi connectivity index (χ4n) is 3.47. The molecule has 0 spiro atoms. The van der Waals surface area contributed by atoms with Gasteiger partial charge in [0.1, 0.15) is 11.9 Å². The summed E-state index contributed by atoms with van der Waals surface area (Å²) >= 11 is 0. The molecule has 0 saturated carbocycles. The van der Waals surface area contributed by atoms with E-state index in [1.165, 1.54) is 0 Å². The van der Waals surface area contributed by atoms with Crippen LogP contribution < -0.4 is 19.7 Å². The van der Waals surface area contributed by atoms with E-state index >= 15 is 0 Å². The van der Waals surface area contributed by atoms with Gasteiger partial charge >= 0.3 is 0 Å². The number of aryl methyl sites for hydroxylation is 1. The molecule has 1 fully saturated rings. The summed E-state index contributed by atoms with van der Waals surface area (Å²) in [5.74, 6) is 1.78. The minimum atomic E-state index is -0.310. The molecule has 0 aromatic carbocycles. The molecule has 0 atom stereocenters. The summed E-state index contributed by atoms with van der Waals surface area (Å²) in [5.41, 5.74) is 1.80. The maximum atomic E-state index is 12.4. The number of methoxy groups -OCH3 is 1. The lowest BCUT2D eigenvalue weighted by Gasteiger charge is -2.33. The third-order valence-electron chi connectivity index (χ3n) is 5.07. The number of hydrogen-bond donors (Lipinski definition) is 1. The maximum absolute atomic E-state index is 12.4. The highest BCUT2D eigenvalue weighted by atomic mass is 16.5. The molecule has 1 amide bonds. The number of piperidine rings is 1. The SMILES string of the molecule is COc1ccc(OC2CCN(c3nnc(C(=O)Nc4cccnc4)cc3C)CC2)cn1. The van der Waals surface area contributed by atoms with Gasteiger partial charge in [-0.3, -0.25) is 9.78 Å². The lowest BCUT2D eigenvalue weighted by atomic mass is 10.1. The Bertz CT molecular complexity index is 1020. The number of carbonyl (C=O) groups excluding carboxylic acids is 1. The van der Waals surface area contributed by atoms with Crippen LogP contribution in [0.2, 0.25) is 0 Å². The van der Waals surface area contributed by atoms with Gasteiger partial charge in [0.2, 0.25) is 5.88 Å². The summed E-state index contributed by atoms with van der Waals surface area (Å²) in [5, 5.41) is 11.2. The van der Waals surface area contributed by atoms with Crippen molar-refractivity contribution in [2.75, 3.05) is 30.4 Å². The minimum absolute atomic E-state index is 0.115. The van der Waals surface area contributed by atoms with E-state index in [1.807, 2.05) is 13.0 Å². The molecule has 0 unspecified atom stereocenters. The zero-order valence-corrected chi connectivity index (χ0v) is 17.5. The molecule has 4 rings (SSSR count). The topological polar surface area (TPSA) is 102 Å². The lowest BCUT2D eigenvalue weighted by molar-refractivity contribution is 0.102. The Morgan fingerprint density at radius 3 is 2.65 bits per heavy atom. The lowest BCUT2D eigenvalue weighted by Crippen LogP contribution is -2.39. The average molecular weight is 420 g/mol. The van der Waals surface area contributed by atoms with Gasteiger partial charge in [-0.1, -0.05) is 0 Å². The van der Waals surface area contributed by atoms with E-state index in [2.05, 4.69) is 30.4 Å². The van der Waals surface area contributed by atoms with Crippen LogP contribution in [0.1, 0.15) is 28.9 Å². The van der Waals surface area contributed by atoms with Crippen molar-refractivity contribution in [3.63, 3.8) is 0 Å². The van der Waals surface area contributed by atoms with Crippen molar-refractivity contribution in [2.24, 2.45) is 0 Å². The molecule has 4 heterocycles. The van der Waals surface area contributed by atoms with Gasteiger partial charge in [-0.05, 0) is 36.8 Å². The van der Waals surface area contributed by atoms with Gasteiger partial charge in [-0.25, -0.2) is 4.98 Å². The Hall–Kier alpha value is -3.75. The summed E-state index contributed by atoms with van der Waals surface area (Å²) in [6.07, 6.45) is 6.74. The first-order chi connectivity index (χ1) is 15.1. The van der Waals surface area contributed by atoms with Gasteiger partial charge in [0, 0.05) is 38.2 Å². The van der Waals surface area contributed by atoms with Crippen molar-refractivity contribution in [1.29, 1.82) is 0 Å². The highest BCUT2D eigenvalue weighted by Crippen LogP contribution is 2.24. The molecule has 31 heavy (non-hydrogen) atoms. The minimum Gasteiger partial charge on any atom is -0.489 e. The van der Waals surface area contributed by atoms with Gasteiger partial charge in [-0.15, -0.1) is 10.2 Å². The molecule has 1 aliphatic rings. The molecule has 1 aliphatic heterocycles. The van der Waals surface area contributed by atoms with E-state index in [-0.39, 0.29) is 17.7 Å². The van der Waals surface area contributed by atoms with Crippen molar-refractivity contribution >= 4 is 17.4 Å². The van der Waals surface area contributed by atoms with Crippen LogP contribution in [0.25, 0.3) is 0 Å². The summed E-state index contributed by atoms with van der Waals surface area (Å²) < 4.78 is 11.1. The molecule has 0 bridgehead atoms. The Kier molecular flexibility index (Phi) is 6.21. The second kappa shape index (κ2) is 9.38. The van der Waals surface area contributed by atoms with Crippen LogP contribution in [0, 0.1) is 6.92 Å². The fourth-order valence-corrected chi connectivity index (χ4v) is 3.47. The first-order valence-electron chi connectivity index (χ1n) is 10.1. The van der Waals surface area contributed by atoms with Crippen molar-refractivity contribution in [3.05, 3.63) is 60.2 Å².